The number of fused-ring (bicyclic) bond motifs is 2. The molecule has 2 N–H and O–H groups in total. The topological polar surface area (TPSA) is 98.4 Å². The first kappa shape index (κ1) is 22.3. The molecule has 3 aromatic heterocycles. The molecule has 0 bridgehead atoms. The molecule has 170 valence electrons. The SMILES string of the molecule is Nc1c(S(=O)(=O)c2ccc(Cl)cc2)cc2c(=O)n3ccccc3nc2[n+]1Cc1ccccc1Cl. The Morgan fingerprint density at radius 3 is 2.41 bits per heavy atom. The molecule has 5 rings (SSSR count). The van der Waals surface area contributed by atoms with Gasteiger partial charge in [0.2, 0.25) is 21.3 Å². The number of rotatable bonds is 4. The molecule has 0 unspecified atom stereocenters. The van der Waals surface area contributed by atoms with Crippen LogP contribution in [-0.2, 0) is 16.4 Å². The van der Waals surface area contributed by atoms with Crippen molar-refractivity contribution >= 4 is 55.5 Å². The average Bonchev–Trinajstić information content (AvgIpc) is 2.82. The fourth-order valence-electron chi connectivity index (χ4n) is 3.79. The van der Waals surface area contributed by atoms with Crippen LogP contribution < -0.4 is 15.9 Å². The minimum atomic E-state index is -4.09. The number of anilines is 1. The normalized spacial score (nSPS) is 11.8. The van der Waals surface area contributed by atoms with E-state index in [0.717, 1.165) is 0 Å². The Balaban J connectivity index is 1.87. The monoisotopic (exact) mass is 511 g/mol. The predicted octanol–water partition coefficient (Wildman–Crippen LogP) is 3.91. The summed E-state index contributed by atoms with van der Waals surface area (Å²) in [5, 5.41) is 0.983. The Labute approximate surface area is 204 Å². The Kier molecular flexibility index (Phi) is 5.51. The standard InChI is InChI=1S/C24H16Cl2N4O3S/c25-16-8-10-17(11-9-16)34(32,33)20-13-18-23(28-21-7-3-4-12-29(21)24(18)31)30(22(20)27)14-15-5-1-2-6-19(15)26/h1-13,27H,14H2/p+1. The number of pyridine rings is 2. The molecule has 0 aliphatic heterocycles. The number of benzene rings is 2. The van der Waals surface area contributed by atoms with Crippen molar-refractivity contribution in [3.8, 4) is 0 Å². The number of hydrogen-bond acceptors (Lipinski definition) is 5. The maximum absolute atomic E-state index is 13.6. The lowest BCUT2D eigenvalue weighted by Gasteiger charge is -2.13. The van der Waals surface area contributed by atoms with Crippen LogP contribution in [0.2, 0.25) is 10.0 Å². The summed E-state index contributed by atoms with van der Waals surface area (Å²) in [5.74, 6) is -0.0606. The molecule has 0 saturated heterocycles. The Bertz CT molecular complexity index is 1750. The maximum Gasteiger partial charge on any atom is 0.278 e. The molecule has 0 fully saturated rings. The van der Waals surface area contributed by atoms with Gasteiger partial charge in [0.1, 0.15) is 10.3 Å². The molecule has 0 saturated carbocycles. The number of hydrogen-bond donors (Lipinski definition) is 1. The van der Waals surface area contributed by atoms with Crippen molar-refractivity contribution in [3.05, 3.63) is 105 Å². The fourth-order valence-corrected chi connectivity index (χ4v) is 5.52. The van der Waals surface area contributed by atoms with Crippen LogP contribution in [0.1, 0.15) is 5.56 Å². The zero-order valence-corrected chi connectivity index (χ0v) is 19.8. The zero-order valence-electron chi connectivity index (χ0n) is 17.5. The van der Waals surface area contributed by atoms with Gasteiger partial charge in [-0.1, -0.05) is 52.5 Å². The van der Waals surface area contributed by atoms with E-state index in [0.29, 0.717) is 21.3 Å². The highest BCUT2D eigenvalue weighted by Crippen LogP contribution is 2.28. The van der Waals surface area contributed by atoms with Gasteiger partial charge >= 0.3 is 0 Å². The Hall–Kier alpha value is -3.46. The van der Waals surface area contributed by atoms with Gasteiger partial charge in [-0.05, 0) is 48.5 Å². The minimum absolute atomic E-state index is 0.00101. The highest BCUT2D eigenvalue weighted by atomic mass is 35.5. The van der Waals surface area contributed by atoms with Crippen LogP contribution in [0.5, 0.6) is 0 Å². The van der Waals surface area contributed by atoms with Crippen molar-refractivity contribution in [2.24, 2.45) is 0 Å². The third-order valence-electron chi connectivity index (χ3n) is 5.52. The summed E-state index contributed by atoms with van der Waals surface area (Å²) in [7, 11) is -4.09. The second-order valence-electron chi connectivity index (χ2n) is 7.61. The molecule has 7 nitrogen and oxygen atoms in total. The highest BCUT2D eigenvalue weighted by molar-refractivity contribution is 7.91. The van der Waals surface area contributed by atoms with Gasteiger partial charge in [-0.25, -0.2) is 13.0 Å². The summed E-state index contributed by atoms with van der Waals surface area (Å²) in [5.41, 5.74) is 7.39. The first-order valence-corrected chi connectivity index (χ1v) is 12.4. The second kappa shape index (κ2) is 8.39. The molecule has 0 aliphatic carbocycles. The van der Waals surface area contributed by atoms with Gasteiger partial charge < -0.3 is 5.73 Å². The van der Waals surface area contributed by atoms with E-state index in [1.165, 1.54) is 39.3 Å². The van der Waals surface area contributed by atoms with Crippen molar-refractivity contribution in [1.29, 1.82) is 0 Å². The zero-order chi connectivity index (χ0) is 24.0. The number of aromatic nitrogens is 3. The molecule has 0 aliphatic rings. The van der Waals surface area contributed by atoms with E-state index in [1.807, 2.05) is 6.07 Å². The van der Waals surface area contributed by atoms with Crippen LogP contribution >= 0.6 is 23.2 Å². The van der Waals surface area contributed by atoms with E-state index in [2.05, 4.69) is 4.98 Å². The summed E-state index contributed by atoms with van der Waals surface area (Å²) in [4.78, 5) is 17.8. The molecular formula is C24H17Cl2N4O3S+. The smallest absolute Gasteiger partial charge is 0.278 e. The van der Waals surface area contributed by atoms with Crippen LogP contribution in [0.25, 0.3) is 16.7 Å². The summed E-state index contributed by atoms with van der Waals surface area (Å²) in [6, 6.07) is 19.3. The average molecular weight is 512 g/mol. The number of sulfone groups is 1. The lowest BCUT2D eigenvalue weighted by atomic mass is 10.2. The maximum atomic E-state index is 13.6. The largest absolute Gasteiger partial charge is 0.317 e. The summed E-state index contributed by atoms with van der Waals surface area (Å²) >= 11 is 12.3. The van der Waals surface area contributed by atoms with Gasteiger partial charge in [0.25, 0.3) is 11.2 Å². The van der Waals surface area contributed by atoms with E-state index < -0.39 is 15.4 Å². The van der Waals surface area contributed by atoms with E-state index in [4.69, 9.17) is 28.9 Å². The van der Waals surface area contributed by atoms with Crippen molar-refractivity contribution in [2.45, 2.75) is 16.3 Å². The lowest BCUT2D eigenvalue weighted by Crippen LogP contribution is -2.42. The number of nitrogen functional groups attached to an aromatic ring is 1. The van der Waals surface area contributed by atoms with E-state index in [1.54, 1.807) is 42.6 Å². The van der Waals surface area contributed by atoms with Crippen molar-refractivity contribution in [2.75, 3.05) is 5.73 Å². The van der Waals surface area contributed by atoms with Gasteiger partial charge in [0, 0.05) is 21.8 Å². The number of nitrogens with two attached hydrogens (primary N) is 1. The molecule has 5 aromatic rings. The molecule has 0 atom stereocenters. The number of nitrogens with zero attached hydrogens (tertiary/aromatic N) is 3. The highest BCUT2D eigenvalue weighted by Gasteiger charge is 2.29. The molecule has 3 heterocycles. The van der Waals surface area contributed by atoms with E-state index >= 15 is 0 Å². The fraction of sp³-hybridized carbons (Fsp3) is 0.0417. The van der Waals surface area contributed by atoms with Crippen LogP contribution in [0.15, 0.2) is 93.6 Å². The summed E-state index contributed by atoms with van der Waals surface area (Å²) in [6.45, 7) is 0.113. The van der Waals surface area contributed by atoms with Crippen molar-refractivity contribution in [1.82, 2.24) is 9.38 Å². The molecule has 0 amide bonds. The van der Waals surface area contributed by atoms with E-state index in [-0.39, 0.29) is 33.2 Å². The van der Waals surface area contributed by atoms with Crippen LogP contribution in [-0.4, -0.2) is 17.8 Å². The van der Waals surface area contributed by atoms with Gasteiger partial charge in [-0.3, -0.25) is 9.20 Å². The quantitative estimate of drug-likeness (QED) is 0.291. The molecule has 2 aromatic carbocycles. The first-order chi connectivity index (χ1) is 16.3. The van der Waals surface area contributed by atoms with Gasteiger partial charge in [-0.15, -0.1) is 0 Å². The summed E-state index contributed by atoms with van der Waals surface area (Å²) in [6.07, 6.45) is 1.58. The van der Waals surface area contributed by atoms with Crippen LogP contribution in [0.3, 0.4) is 0 Å². The molecular weight excluding hydrogens is 495 g/mol. The van der Waals surface area contributed by atoms with Crippen LogP contribution in [0, 0.1) is 0 Å². The summed E-state index contributed by atoms with van der Waals surface area (Å²) < 4.78 is 30.0. The molecule has 10 heteroatoms. The van der Waals surface area contributed by atoms with Crippen molar-refractivity contribution in [3.63, 3.8) is 0 Å². The van der Waals surface area contributed by atoms with Gasteiger partial charge in [0.05, 0.1) is 11.4 Å². The third kappa shape index (κ3) is 3.69. The molecule has 0 spiro atoms. The number of halogens is 2. The first-order valence-electron chi connectivity index (χ1n) is 10.1. The minimum Gasteiger partial charge on any atom is -0.317 e. The Morgan fingerprint density at radius 2 is 1.68 bits per heavy atom. The van der Waals surface area contributed by atoms with E-state index in [9.17, 15) is 13.2 Å². The predicted molar refractivity (Wildman–Crippen MR) is 131 cm³/mol. The lowest BCUT2D eigenvalue weighted by molar-refractivity contribution is -0.651. The molecule has 34 heavy (non-hydrogen) atoms. The van der Waals surface area contributed by atoms with Crippen molar-refractivity contribution < 1.29 is 13.0 Å². The second-order valence-corrected chi connectivity index (χ2v) is 10.4. The Morgan fingerprint density at radius 1 is 0.971 bits per heavy atom. The van der Waals surface area contributed by atoms with Gasteiger partial charge in [-0.2, -0.15) is 0 Å². The van der Waals surface area contributed by atoms with Gasteiger partial charge in [0.15, 0.2) is 0 Å². The molecule has 0 radical (unpaired) electrons. The third-order valence-corrected chi connectivity index (χ3v) is 7.94. The van der Waals surface area contributed by atoms with Crippen LogP contribution in [0.4, 0.5) is 5.82 Å².